The highest BCUT2D eigenvalue weighted by Gasteiger charge is 2.38. The zero-order chi connectivity index (χ0) is 14.8. The molecule has 7 heteroatoms. The van der Waals surface area contributed by atoms with Gasteiger partial charge in [0, 0.05) is 30.6 Å². The Balaban J connectivity index is 1.91. The highest BCUT2D eigenvalue weighted by atomic mass is 32.2. The molecule has 1 aliphatic heterocycles. The Morgan fingerprint density at radius 1 is 1.45 bits per heavy atom. The number of amides is 2. The third-order valence-electron chi connectivity index (χ3n) is 3.37. The first kappa shape index (κ1) is 14.6. The van der Waals surface area contributed by atoms with Crippen molar-refractivity contribution < 1.29 is 17.9 Å². The van der Waals surface area contributed by atoms with Crippen LogP contribution in [0.25, 0.3) is 0 Å². The monoisotopic (exact) mass is 298 g/mol. The van der Waals surface area contributed by atoms with Gasteiger partial charge in [0.05, 0.1) is 12.4 Å². The lowest BCUT2D eigenvalue weighted by Gasteiger charge is -2.38. The van der Waals surface area contributed by atoms with Gasteiger partial charge in [-0.1, -0.05) is 13.0 Å². The number of carbonyl (C=O) groups is 1. The van der Waals surface area contributed by atoms with Crippen molar-refractivity contribution in [1.82, 2.24) is 4.90 Å². The number of nitrogens with zero attached hydrogens (tertiary/aromatic N) is 1. The van der Waals surface area contributed by atoms with Crippen LogP contribution in [0, 0.1) is 0 Å². The minimum absolute atomic E-state index is 0.114. The molecule has 1 N–H and O–H groups in total. The number of likely N-dealkylation sites (tertiary alicyclic amines) is 1. The molecule has 1 aromatic carbocycles. The van der Waals surface area contributed by atoms with Gasteiger partial charge in [-0.2, -0.15) is 0 Å². The predicted molar refractivity (Wildman–Crippen MR) is 76.8 cm³/mol. The minimum atomic E-state index is -3.05. The second-order valence-electron chi connectivity index (χ2n) is 4.64. The fourth-order valence-corrected chi connectivity index (χ4v) is 3.26. The van der Waals surface area contributed by atoms with Crippen LogP contribution in [0.5, 0.6) is 5.75 Å². The maximum Gasteiger partial charge on any atom is 0.321 e. The molecule has 110 valence electrons. The van der Waals surface area contributed by atoms with Gasteiger partial charge in [0.2, 0.25) is 0 Å². The highest BCUT2D eigenvalue weighted by Crippen LogP contribution is 2.20. The van der Waals surface area contributed by atoms with Gasteiger partial charge in [-0.05, 0) is 12.1 Å². The largest absolute Gasteiger partial charge is 0.497 e. The molecule has 0 aromatic heterocycles. The number of carbonyl (C=O) groups excluding carboxylic acids is 1. The van der Waals surface area contributed by atoms with Crippen molar-refractivity contribution in [3.63, 3.8) is 0 Å². The van der Waals surface area contributed by atoms with Crippen LogP contribution in [-0.2, 0) is 9.84 Å². The second-order valence-corrected chi connectivity index (χ2v) is 7.21. The molecule has 2 rings (SSSR count). The van der Waals surface area contributed by atoms with Crippen molar-refractivity contribution in [3.8, 4) is 5.75 Å². The van der Waals surface area contributed by atoms with Gasteiger partial charge in [0.1, 0.15) is 5.75 Å². The van der Waals surface area contributed by atoms with Gasteiger partial charge < -0.3 is 15.0 Å². The molecule has 0 unspecified atom stereocenters. The van der Waals surface area contributed by atoms with Crippen LogP contribution < -0.4 is 10.1 Å². The summed E-state index contributed by atoms with van der Waals surface area (Å²) in [4.78, 5) is 13.4. The lowest BCUT2D eigenvalue weighted by atomic mass is 10.2. The molecule has 0 radical (unpaired) electrons. The normalized spacial score (nSPS) is 15.6. The maximum atomic E-state index is 11.9. The summed E-state index contributed by atoms with van der Waals surface area (Å²) >= 11 is 0. The van der Waals surface area contributed by atoms with E-state index >= 15 is 0 Å². The van der Waals surface area contributed by atoms with Crippen molar-refractivity contribution >= 4 is 21.6 Å². The van der Waals surface area contributed by atoms with Crippen molar-refractivity contribution in [2.45, 2.75) is 12.2 Å². The van der Waals surface area contributed by atoms with Gasteiger partial charge >= 0.3 is 6.03 Å². The van der Waals surface area contributed by atoms with Crippen molar-refractivity contribution in [1.29, 1.82) is 0 Å². The average Bonchev–Trinajstić information content (AvgIpc) is 2.36. The van der Waals surface area contributed by atoms with Crippen LogP contribution in [0.15, 0.2) is 24.3 Å². The molecule has 1 heterocycles. The second kappa shape index (κ2) is 5.70. The summed E-state index contributed by atoms with van der Waals surface area (Å²) in [5, 5.41) is 2.29. The number of benzene rings is 1. The molecule has 1 saturated heterocycles. The number of methoxy groups -OCH3 is 1. The summed E-state index contributed by atoms with van der Waals surface area (Å²) in [6.45, 7) is 2.13. The average molecular weight is 298 g/mol. The quantitative estimate of drug-likeness (QED) is 0.910. The van der Waals surface area contributed by atoms with E-state index in [0.29, 0.717) is 11.4 Å². The molecule has 0 aliphatic carbocycles. The number of hydrogen-bond acceptors (Lipinski definition) is 4. The number of urea groups is 1. The third-order valence-corrected chi connectivity index (χ3v) is 5.49. The SMILES string of the molecule is CCS(=O)(=O)C1CN(C(=O)Nc2cccc(OC)c2)C1. The molecule has 0 saturated carbocycles. The molecule has 2 amide bonds. The molecule has 6 nitrogen and oxygen atoms in total. The summed E-state index contributed by atoms with van der Waals surface area (Å²) in [5.74, 6) is 0.765. The first-order valence-electron chi connectivity index (χ1n) is 6.38. The van der Waals surface area contributed by atoms with Gasteiger partial charge in [-0.25, -0.2) is 13.2 Å². The van der Waals surface area contributed by atoms with Crippen molar-refractivity contribution in [3.05, 3.63) is 24.3 Å². The lowest BCUT2D eigenvalue weighted by molar-refractivity contribution is 0.182. The number of ether oxygens (including phenoxy) is 1. The fraction of sp³-hybridized carbons (Fsp3) is 0.462. The number of rotatable bonds is 4. The van der Waals surface area contributed by atoms with Crippen LogP contribution in [0.3, 0.4) is 0 Å². The van der Waals surface area contributed by atoms with E-state index in [1.165, 1.54) is 4.90 Å². The topological polar surface area (TPSA) is 75.7 Å². The van der Waals surface area contributed by atoms with E-state index in [9.17, 15) is 13.2 Å². The highest BCUT2D eigenvalue weighted by molar-refractivity contribution is 7.92. The van der Waals surface area contributed by atoms with Gasteiger partial charge in [-0.3, -0.25) is 0 Å². The summed E-state index contributed by atoms with van der Waals surface area (Å²) in [7, 11) is -1.50. The number of sulfone groups is 1. The summed E-state index contributed by atoms with van der Waals surface area (Å²) in [5.41, 5.74) is 0.621. The van der Waals surface area contributed by atoms with E-state index in [-0.39, 0.29) is 24.9 Å². The molecule has 20 heavy (non-hydrogen) atoms. The summed E-state index contributed by atoms with van der Waals surface area (Å²) < 4.78 is 28.3. The number of hydrogen-bond donors (Lipinski definition) is 1. The Morgan fingerprint density at radius 3 is 2.75 bits per heavy atom. The minimum Gasteiger partial charge on any atom is -0.497 e. The van der Waals surface area contributed by atoms with E-state index in [2.05, 4.69) is 5.32 Å². The van der Waals surface area contributed by atoms with Crippen LogP contribution >= 0.6 is 0 Å². The first-order chi connectivity index (χ1) is 9.46. The van der Waals surface area contributed by atoms with Crippen LogP contribution in [0.2, 0.25) is 0 Å². The Labute approximate surface area is 118 Å². The molecule has 1 fully saturated rings. The molecular formula is C13H18N2O4S. The van der Waals surface area contributed by atoms with Gasteiger partial charge in [0.15, 0.2) is 9.84 Å². The summed E-state index contributed by atoms with van der Waals surface area (Å²) in [6, 6.07) is 6.72. The van der Waals surface area contributed by atoms with Crippen LogP contribution in [0.1, 0.15) is 6.92 Å². The molecular weight excluding hydrogens is 280 g/mol. The Bertz CT molecular complexity index is 594. The number of nitrogens with one attached hydrogen (secondary N) is 1. The van der Waals surface area contributed by atoms with Gasteiger partial charge in [-0.15, -0.1) is 0 Å². The Morgan fingerprint density at radius 2 is 2.15 bits per heavy atom. The van der Waals surface area contributed by atoms with E-state index in [4.69, 9.17) is 4.74 Å². The standard InChI is InChI=1S/C13H18N2O4S/c1-3-20(17,18)12-8-15(9-12)13(16)14-10-5-4-6-11(7-10)19-2/h4-7,12H,3,8-9H2,1-2H3,(H,14,16). The third kappa shape index (κ3) is 3.04. The zero-order valence-corrected chi connectivity index (χ0v) is 12.3. The fourth-order valence-electron chi connectivity index (χ4n) is 1.97. The van der Waals surface area contributed by atoms with E-state index < -0.39 is 15.1 Å². The van der Waals surface area contributed by atoms with E-state index in [1.807, 2.05) is 0 Å². The zero-order valence-electron chi connectivity index (χ0n) is 11.5. The summed E-state index contributed by atoms with van der Waals surface area (Å²) in [6.07, 6.45) is 0. The van der Waals surface area contributed by atoms with Crippen LogP contribution in [0.4, 0.5) is 10.5 Å². The van der Waals surface area contributed by atoms with E-state index in [1.54, 1.807) is 38.3 Å². The maximum absolute atomic E-state index is 11.9. The van der Waals surface area contributed by atoms with Crippen molar-refractivity contribution in [2.24, 2.45) is 0 Å². The first-order valence-corrected chi connectivity index (χ1v) is 8.09. The molecule has 0 bridgehead atoms. The smallest absolute Gasteiger partial charge is 0.321 e. The molecule has 1 aromatic rings. The molecule has 0 atom stereocenters. The molecule has 0 spiro atoms. The predicted octanol–water partition coefficient (Wildman–Crippen LogP) is 1.35. The Kier molecular flexibility index (Phi) is 4.17. The molecule has 1 aliphatic rings. The van der Waals surface area contributed by atoms with E-state index in [0.717, 1.165) is 0 Å². The Hall–Kier alpha value is -1.76. The van der Waals surface area contributed by atoms with Crippen molar-refractivity contribution in [2.75, 3.05) is 31.3 Å². The van der Waals surface area contributed by atoms with Crippen LogP contribution in [-0.4, -0.2) is 50.6 Å². The van der Waals surface area contributed by atoms with Gasteiger partial charge in [0.25, 0.3) is 0 Å². The lowest BCUT2D eigenvalue weighted by Crippen LogP contribution is -2.58. The number of anilines is 1.